The van der Waals surface area contributed by atoms with E-state index in [-0.39, 0.29) is 23.3 Å². The van der Waals surface area contributed by atoms with Crippen LogP contribution in [0.5, 0.6) is 5.75 Å². The summed E-state index contributed by atoms with van der Waals surface area (Å²) in [6, 6.07) is 14.3. The summed E-state index contributed by atoms with van der Waals surface area (Å²) in [5, 5.41) is 2.95. The third-order valence-corrected chi connectivity index (χ3v) is 6.88. The lowest BCUT2D eigenvalue weighted by atomic mass is 9.98. The van der Waals surface area contributed by atoms with Gasteiger partial charge < -0.3 is 10.1 Å². The van der Waals surface area contributed by atoms with Crippen LogP contribution in [0.15, 0.2) is 53.4 Å². The van der Waals surface area contributed by atoms with Crippen molar-refractivity contribution in [2.75, 3.05) is 20.2 Å². The molecule has 1 fully saturated rings. The van der Waals surface area contributed by atoms with E-state index in [0.717, 1.165) is 11.1 Å². The van der Waals surface area contributed by atoms with Crippen molar-refractivity contribution in [3.63, 3.8) is 0 Å². The standard InChI is InChI=1S/C21H26N2O4S/c1-16-5-3-6-17(13-16)14-22-21(24)18-7-4-12-23(15-18)28(25,26)20-10-8-19(27-2)9-11-20/h3,5-6,8-11,13,18H,4,7,12,14-15H2,1-2H3,(H,22,24). The molecule has 0 aliphatic carbocycles. The van der Waals surface area contributed by atoms with E-state index in [1.54, 1.807) is 12.1 Å². The van der Waals surface area contributed by atoms with Crippen LogP contribution in [0.1, 0.15) is 24.0 Å². The highest BCUT2D eigenvalue weighted by Gasteiger charge is 2.33. The molecule has 1 aliphatic rings. The van der Waals surface area contributed by atoms with Crippen molar-refractivity contribution in [3.05, 3.63) is 59.7 Å². The minimum atomic E-state index is -3.63. The summed E-state index contributed by atoms with van der Waals surface area (Å²) < 4.78 is 32.3. The maximum absolute atomic E-state index is 12.9. The summed E-state index contributed by atoms with van der Waals surface area (Å²) in [6.07, 6.45) is 1.35. The second kappa shape index (κ2) is 8.75. The number of amides is 1. The van der Waals surface area contributed by atoms with Crippen LogP contribution in [-0.2, 0) is 21.4 Å². The van der Waals surface area contributed by atoms with Gasteiger partial charge in [-0.25, -0.2) is 8.42 Å². The average molecular weight is 403 g/mol. The predicted molar refractivity (Wildman–Crippen MR) is 108 cm³/mol. The minimum Gasteiger partial charge on any atom is -0.497 e. The Morgan fingerprint density at radius 2 is 1.96 bits per heavy atom. The lowest BCUT2D eigenvalue weighted by Crippen LogP contribution is -2.45. The van der Waals surface area contributed by atoms with Crippen LogP contribution in [0.3, 0.4) is 0 Å². The molecule has 0 saturated carbocycles. The number of sulfonamides is 1. The summed E-state index contributed by atoms with van der Waals surface area (Å²) in [5.74, 6) is 0.161. The topological polar surface area (TPSA) is 75.7 Å². The van der Waals surface area contributed by atoms with Gasteiger partial charge in [-0.2, -0.15) is 4.31 Å². The summed E-state index contributed by atoms with van der Waals surface area (Å²) in [5.41, 5.74) is 2.17. The summed E-state index contributed by atoms with van der Waals surface area (Å²) in [6.45, 7) is 3.08. The van der Waals surface area contributed by atoms with Crippen LogP contribution in [0.25, 0.3) is 0 Å². The van der Waals surface area contributed by atoms with Crippen molar-refractivity contribution in [1.29, 1.82) is 0 Å². The van der Waals surface area contributed by atoms with E-state index in [9.17, 15) is 13.2 Å². The Balaban J connectivity index is 1.64. The first-order valence-corrected chi connectivity index (χ1v) is 10.8. The molecule has 1 unspecified atom stereocenters. The highest BCUT2D eigenvalue weighted by Crippen LogP contribution is 2.25. The van der Waals surface area contributed by atoms with Gasteiger partial charge in [0.25, 0.3) is 0 Å². The lowest BCUT2D eigenvalue weighted by Gasteiger charge is -2.31. The molecule has 3 rings (SSSR count). The molecule has 0 radical (unpaired) electrons. The maximum atomic E-state index is 12.9. The van der Waals surface area contributed by atoms with Gasteiger partial charge in [0.05, 0.1) is 17.9 Å². The normalized spacial score (nSPS) is 17.9. The molecule has 1 N–H and O–H groups in total. The zero-order chi connectivity index (χ0) is 20.1. The highest BCUT2D eigenvalue weighted by atomic mass is 32.2. The molecule has 1 amide bonds. The molecule has 2 aromatic rings. The molecule has 1 atom stereocenters. The van der Waals surface area contributed by atoms with Gasteiger partial charge in [-0.3, -0.25) is 4.79 Å². The molecular weight excluding hydrogens is 376 g/mol. The van der Waals surface area contributed by atoms with Crippen molar-refractivity contribution in [3.8, 4) is 5.75 Å². The molecule has 0 spiro atoms. The lowest BCUT2D eigenvalue weighted by molar-refractivity contribution is -0.126. The number of piperidine rings is 1. The third-order valence-electron chi connectivity index (χ3n) is 5.00. The number of hydrogen-bond acceptors (Lipinski definition) is 4. The maximum Gasteiger partial charge on any atom is 0.243 e. The first-order valence-electron chi connectivity index (χ1n) is 9.37. The van der Waals surface area contributed by atoms with E-state index in [4.69, 9.17) is 4.74 Å². The molecule has 0 aromatic heterocycles. The SMILES string of the molecule is COc1ccc(S(=O)(=O)N2CCCC(C(=O)NCc3cccc(C)c3)C2)cc1. The Morgan fingerprint density at radius 3 is 2.64 bits per heavy atom. The van der Waals surface area contributed by atoms with E-state index < -0.39 is 10.0 Å². The fourth-order valence-corrected chi connectivity index (χ4v) is 4.95. The van der Waals surface area contributed by atoms with Crippen LogP contribution in [0.4, 0.5) is 0 Å². The van der Waals surface area contributed by atoms with Gasteiger partial charge >= 0.3 is 0 Å². The molecule has 0 bridgehead atoms. The largest absolute Gasteiger partial charge is 0.497 e. The number of nitrogens with one attached hydrogen (secondary N) is 1. The molecule has 150 valence electrons. The number of hydrogen-bond donors (Lipinski definition) is 1. The van der Waals surface area contributed by atoms with Crippen molar-refractivity contribution >= 4 is 15.9 Å². The highest BCUT2D eigenvalue weighted by molar-refractivity contribution is 7.89. The van der Waals surface area contributed by atoms with Gasteiger partial charge in [-0.15, -0.1) is 0 Å². The number of carbonyl (C=O) groups excluding carboxylic acids is 1. The van der Waals surface area contributed by atoms with Gasteiger partial charge in [0.15, 0.2) is 0 Å². The van der Waals surface area contributed by atoms with E-state index in [2.05, 4.69) is 5.32 Å². The van der Waals surface area contributed by atoms with E-state index in [1.807, 2.05) is 31.2 Å². The van der Waals surface area contributed by atoms with Gasteiger partial charge in [0.1, 0.15) is 5.75 Å². The summed E-state index contributed by atoms with van der Waals surface area (Å²) >= 11 is 0. The predicted octanol–water partition coefficient (Wildman–Crippen LogP) is 2.72. The third kappa shape index (κ3) is 4.72. The molecule has 28 heavy (non-hydrogen) atoms. The van der Waals surface area contributed by atoms with Crippen LogP contribution < -0.4 is 10.1 Å². The molecule has 7 heteroatoms. The zero-order valence-corrected chi connectivity index (χ0v) is 17.0. The van der Waals surface area contributed by atoms with E-state index in [1.165, 1.54) is 23.5 Å². The van der Waals surface area contributed by atoms with Gasteiger partial charge in [0, 0.05) is 19.6 Å². The van der Waals surface area contributed by atoms with Gasteiger partial charge in [-0.1, -0.05) is 29.8 Å². The fraction of sp³-hybridized carbons (Fsp3) is 0.381. The molecule has 1 saturated heterocycles. The van der Waals surface area contributed by atoms with Gasteiger partial charge in [-0.05, 0) is 49.6 Å². The van der Waals surface area contributed by atoms with Gasteiger partial charge in [0.2, 0.25) is 15.9 Å². The smallest absolute Gasteiger partial charge is 0.243 e. The van der Waals surface area contributed by atoms with Crippen LogP contribution in [0, 0.1) is 12.8 Å². The first kappa shape index (κ1) is 20.4. The number of aryl methyl sites for hydroxylation is 1. The Labute approximate surface area is 166 Å². The number of nitrogens with zero attached hydrogens (tertiary/aromatic N) is 1. The Bertz CT molecular complexity index is 926. The summed E-state index contributed by atoms with van der Waals surface area (Å²) in [7, 11) is -2.09. The van der Waals surface area contributed by atoms with Crippen molar-refractivity contribution < 1.29 is 17.9 Å². The van der Waals surface area contributed by atoms with E-state index >= 15 is 0 Å². The first-order chi connectivity index (χ1) is 13.4. The Morgan fingerprint density at radius 1 is 1.21 bits per heavy atom. The Hall–Kier alpha value is -2.38. The molecule has 1 aliphatic heterocycles. The number of ether oxygens (including phenoxy) is 1. The number of carbonyl (C=O) groups is 1. The number of benzene rings is 2. The number of rotatable bonds is 6. The zero-order valence-electron chi connectivity index (χ0n) is 16.2. The Kier molecular flexibility index (Phi) is 6.36. The monoisotopic (exact) mass is 402 g/mol. The van der Waals surface area contributed by atoms with Crippen molar-refractivity contribution in [2.45, 2.75) is 31.2 Å². The quantitative estimate of drug-likeness (QED) is 0.806. The molecular formula is C21H26N2O4S. The fourth-order valence-electron chi connectivity index (χ4n) is 3.43. The molecule has 2 aromatic carbocycles. The van der Waals surface area contributed by atoms with E-state index in [0.29, 0.717) is 31.7 Å². The van der Waals surface area contributed by atoms with Crippen molar-refractivity contribution in [2.24, 2.45) is 5.92 Å². The van der Waals surface area contributed by atoms with Crippen LogP contribution >= 0.6 is 0 Å². The molecule has 6 nitrogen and oxygen atoms in total. The van der Waals surface area contributed by atoms with Crippen LogP contribution in [0.2, 0.25) is 0 Å². The minimum absolute atomic E-state index is 0.101. The van der Waals surface area contributed by atoms with Crippen LogP contribution in [-0.4, -0.2) is 38.8 Å². The average Bonchev–Trinajstić information content (AvgIpc) is 2.72. The number of methoxy groups -OCH3 is 1. The summed E-state index contributed by atoms with van der Waals surface area (Å²) in [4.78, 5) is 12.8. The van der Waals surface area contributed by atoms with Crippen molar-refractivity contribution in [1.82, 2.24) is 9.62 Å². The molecule has 1 heterocycles. The second-order valence-electron chi connectivity index (χ2n) is 7.08. The second-order valence-corrected chi connectivity index (χ2v) is 9.02.